The van der Waals surface area contributed by atoms with Crippen molar-refractivity contribution in [2.45, 2.75) is 32.9 Å². The molecule has 3 heterocycles. The fourth-order valence-electron chi connectivity index (χ4n) is 3.55. The molecule has 1 saturated heterocycles. The van der Waals surface area contributed by atoms with Gasteiger partial charge in [0.15, 0.2) is 5.69 Å². The molecule has 4 rings (SSSR count). The Morgan fingerprint density at radius 2 is 1.86 bits per heavy atom. The topological polar surface area (TPSA) is 111 Å². The lowest BCUT2D eigenvalue weighted by Crippen LogP contribution is -2.42. The molecule has 1 aliphatic heterocycles. The zero-order chi connectivity index (χ0) is 26.6. The number of thiazole rings is 1. The molecule has 2 amide bonds. The van der Waals surface area contributed by atoms with E-state index in [-0.39, 0.29) is 15.8 Å². The van der Waals surface area contributed by atoms with Crippen LogP contribution in [0.1, 0.15) is 31.3 Å². The van der Waals surface area contributed by atoms with Crippen molar-refractivity contribution in [2.24, 2.45) is 0 Å². The number of halogens is 2. The zero-order valence-corrected chi connectivity index (χ0v) is 21.5. The highest BCUT2D eigenvalue weighted by Crippen LogP contribution is 2.37. The smallest absolute Gasteiger partial charge is 0.397 e. The molecule has 37 heavy (non-hydrogen) atoms. The molecule has 0 spiro atoms. The minimum atomic E-state index is -0.854. The lowest BCUT2D eigenvalue weighted by molar-refractivity contribution is 0.0360. The lowest BCUT2D eigenvalue weighted by Gasteiger charge is -2.26. The summed E-state index contributed by atoms with van der Waals surface area (Å²) in [6.07, 6.45) is 2.31. The van der Waals surface area contributed by atoms with Crippen LogP contribution < -0.4 is 15.4 Å². The van der Waals surface area contributed by atoms with Gasteiger partial charge in [-0.25, -0.2) is 18.6 Å². The number of nitrogens with one attached hydrogen (secondary N) is 2. The molecule has 0 unspecified atom stereocenters. The van der Waals surface area contributed by atoms with Gasteiger partial charge in [-0.05, 0) is 32.9 Å². The third-order valence-corrected chi connectivity index (χ3v) is 6.24. The van der Waals surface area contributed by atoms with E-state index in [9.17, 15) is 18.4 Å². The molecular formula is C24H28F2N6O4S. The van der Waals surface area contributed by atoms with Gasteiger partial charge in [0.1, 0.15) is 16.6 Å². The van der Waals surface area contributed by atoms with Gasteiger partial charge in [-0.3, -0.25) is 14.4 Å². The third kappa shape index (κ3) is 7.08. The first kappa shape index (κ1) is 26.6. The SMILES string of the molecule is CC(C)(C)NC(=O)Oc1sc(-c2c(F)cccc2F)nc1C(=O)Nc1cnn(CCN2CCOCC2)c1. The summed E-state index contributed by atoms with van der Waals surface area (Å²) in [5.74, 6) is -2.42. The van der Waals surface area contributed by atoms with Crippen LogP contribution in [0, 0.1) is 11.6 Å². The van der Waals surface area contributed by atoms with E-state index in [4.69, 9.17) is 9.47 Å². The number of ether oxygens (including phenoxy) is 2. The van der Waals surface area contributed by atoms with Crippen molar-refractivity contribution < 1.29 is 27.8 Å². The van der Waals surface area contributed by atoms with E-state index >= 15 is 0 Å². The van der Waals surface area contributed by atoms with Gasteiger partial charge >= 0.3 is 6.09 Å². The Hall–Kier alpha value is -3.42. The van der Waals surface area contributed by atoms with Gasteiger partial charge in [0.2, 0.25) is 5.06 Å². The van der Waals surface area contributed by atoms with Gasteiger partial charge < -0.3 is 20.1 Å². The second kappa shape index (κ2) is 11.3. The Kier molecular flexibility index (Phi) is 8.15. The molecular weight excluding hydrogens is 506 g/mol. The third-order valence-electron chi connectivity index (χ3n) is 5.29. The summed E-state index contributed by atoms with van der Waals surface area (Å²) >= 11 is 0.692. The van der Waals surface area contributed by atoms with Crippen molar-refractivity contribution in [2.75, 3.05) is 38.2 Å². The van der Waals surface area contributed by atoms with Crippen molar-refractivity contribution in [1.29, 1.82) is 0 Å². The van der Waals surface area contributed by atoms with Crippen LogP contribution in [-0.2, 0) is 11.3 Å². The van der Waals surface area contributed by atoms with Crippen LogP contribution in [0.15, 0.2) is 30.6 Å². The van der Waals surface area contributed by atoms with E-state index in [1.807, 2.05) is 0 Å². The molecule has 198 valence electrons. The average molecular weight is 535 g/mol. The van der Waals surface area contributed by atoms with E-state index in [0.29, 0.717) is 36.8 Å². The summed E-state index contributed by atoms with van der Waals surface area (Å²) in [7, 11) is 0. The van der Waals surface area contributed by atoms with E-state index in [1.54, 1.807) is 31.6 Å². The molecule has 3 aromatic rings. The minimum Gasteiger partial charge on any atom is -0.397 e. The largest absolute Gasteiger partial charge is 0.413 e. The summed E-state index contributed by atoms with van der Waals surface area (Å²) in [5.41, 5.74) is -0.916. The number of hydrogen-bond acceptors (Lipinski definition) is 8. The average Bonchev–Trinajstić information content (AvgIpc) is 3.44. The van der Waals surface area contributed by atoms with Crippen LogP contribution in [0.25, 0.3) is 10.6 Å². The quantitative estimate of drug-likeness (QED) is 0.475. The number of rotatable bonds is 7. The van der Waals surface area contributed by atoms with Crippen molar-refractivity contribution in [1.82, 2.24) is 25.0 Å². The first-order valence-electron chi connectivity index (χ1n) is 11.7. The Morgan fingerprint density at radius 3 is 2.54 bits per heavy atom. The van der Waals surface area contributed by atoms with Crippen molar-refractivity contribution in [3.05, 3.63) is 47.9 Å². The molecule has 2 aromatic heterocycles. The highest BCUT2D eigenvalue weighted by Gasteiger charge is 2.27. The van der Waals surface area contributed by atoms with Crippen LogP contribution in [0.5, 0.6) is 5.06 Å². The zero-order valence-electron chi connectivity index (χ0n) is 20.7. The fraction of sp³-hybridized carbons (Fsp3) is 0.417. The van der Waals surface area contributed by atoms with Crippen LogP contribution >= 0.6 is 11.3 Å². The minimum absolute atomic E-state index is 0.138. The van der Waals surface area contributed by atoms with Gasteiger partial charge in [0.25, 0.3) is 5.91 Å². The van der Waals surface area contributed by atoms with Crippen molar-refractivity contribution >= 4 is 29.0 Å². The number of hydrogen-bond donors (Lipinski definition) is 2. The van der Waals surface area contributed by atoms with E-state index in [0.717, 1.165) is 31.8 Å². The molecule has 13 heteroatoms. The maximum Gasteiger partial charge on any atom is 0.413 e. The molecule has 0 aliphatic carbocycles. The normalized spacial score (nSPS) is 14.4. The van der Waals surface area contributed by atoms with Gasteiger partial charge in [-0.15, -0.1) is 0 Å². The van der Waals surface area contributed by atoms with Crippen molar-refractivity contribution in [3.8, 4) is 15.6 Å². The molecule has 1 fully saturated rings. The number of benzene rings is 1. The van der Waals surface area contributed by atoms with Crippen LogP contribution in [0.2, 0.25) is 0 Å². The first-order chi connectivity index (χ1) is 17.6. The standard InChI is InChI=1S/C24H28F2N6O4S/c1-24(2,3)30-23(34)36-22-19(29-21(37-22)18-16(25)5-4-6-17(18)26)20(33)28-15-13-27-32(14-15)8-7-31-9-11-35-12-10-31/h4-6,13-14H,7-12H2,1-3H3,(H,28,33)(H,30,34). The number of aromatic nitrogens is 3. The van der Waals surface area contributed by atoms with Gasteiger partial charge in [-0.1, -0.05) is 17.4 Å². The highest BCUT2D eigenvalue weighted by molar-refractivity contribution is 7.17. The lowest BCUT2D eigenvalue weighted by atomic mass is 10.1. The predicted molar refractivity (Wildman–Crippen MR) is 134 cm³/mol. The highest BCUT2D eigenvalue weighted by atomic mass is 32.1. The molecule has 2 N–H and O–H groups in total. The maximum absolute atomic E-state index is 14.4. The van der Waals surface area contributed by atoms with E-state index < -0.39 is 34.7 Å². The van der Waals surface area contributed by atoms with E-state index in [2.05, 4.69) is 25.6 Å². The Bertz CT molecular complexity index is 1250. The van der Waals surface area contributed by atoms with E-state index in [1.165, 1.54) is 12.3 Å². The van der Waals surface area contributed by atoms with Crippen molar-refractivity contribution in [3.63, 3.8) is 0 Å². The van der Waals surface area contributed by atoms with Gasteiger partial charge in [0.05, 0.1) is 37.2 Å². The molecule has 0 radical (unpaired) electrons. The number of carbonyl (C=O) groups is 2. The summed E-state index contributed by atoms with van der Waals surface area (Å²) in [6.45, 7) is 9.77. The second-order valence-electron chi connectivity index (χ2n) is 9.42. The van der Waals surface area contributed by atoms with Crippen LogP contribution in [-0.4, -0.2) is 70.1 Å². The summed E-state index contributed by atoms with van der Waals surface area (Å²) < 4.78 is 41.2. The monoisotopic (exact) mass is 534 g/mol. The fourth-order valence-corrected chi connectivity index (χ4v) is 4.52. The number of anilines is 1. The Balaban J connectivity index is 1.53. The number of morpholine rings is 1. The van der Waals surface area contributed by atoms with Gasteiger partial charge in [-0.2, -0.15) is 5.10 Å². The molecule has 0 saturated carbocycles. The first-order valence-corrected chi connectivity index (χ1v) is 12.5. The molecule has 1 aromatic carbocycles. The molecule has 0 bridgehead atoms. The summed E-state index contributed by atoms with van der Waals surface area (Å²) in [5, 5.41) is 9.20. The molecule has 0 atom stereocenters. The predicted octanol–water partition coefficient (Wildman–Crippen LogP) is 3.76. The molecule has 1 aliphatic rings. The summed E-state index contributed by atoms with van der Waals surface area (Å²) in [4.78, 5) is 31.9. The van der Waals surface area contributed by atoms with Gasteiger partial charge in [0, 0.05) is 31.4 Å². The maximum atomic E-state index is 14.4. The summed E-state index contributed by atoms with van der Waals surface area (Å²) in [6, 6.07) is 3.38. The van der Waals surface area contributed by atoms with Crippen LogP contribution in [0.4, 0.5) is 19.3 Å². The Labute approximate surface area is 216 Å². The second-order valence-corrected chi connectivity index (χ2v) is 10.4. The number of nitrogens with zero attached hydrogens (tertiary/aromatic N) is 4. The number of amides is 2. The number of carbonyl (C=O) groups excluding carboxylic acids is 2. The van der Waals surface area contributed by atoms with Crippen LogP contribution in [0.3, 0.4) is 0 Å². The Morgan fingerprint density at radius 1 is 1.16 bits per heavy atom. The molecule has 10 nitrogen and oxygen atoms in total.